The summed E-state index contributed by atoms with van der Waals surface area (Å²) in [4.78, 5) is 28.6. The van der Waals surface area contributed by atoms with E-state index in [1.807, 2.05) is 23.5 Å². The number of carbonyl (C=O) groups is 1. The van der Waals surface area contributed by atoms with Crippen LogP contribution in [0.1, 0.15) is 36.4 Å². The third-order valence-electron chi connectivity index (χ3n) is 7.95. The summed E-state index contributed by atoms with van der Waals surface area (Å²) in [6.45, 7) is 9.51. The molecule has 4 heterocycles. The van der Waals surface area contributed by atoms with Gasteiger partial charge in [0.2, 0.25) is 5.91 Å². The van der Waals surface area contributed by atoms with Gasteiger partial charge < -0.3 is 59.7 Å². The predicted octanol–water partition coefficient (Wildman–Crippen LogP) is 0.727. The van der Waals surface area contributed by atoms with E-state index in [-0.39, 0.29) is 11.9 Å². The molecule has 0 aliphatic carbocycles. The number of nitrogen functional groups attached to an aromatic ring is 1. The Labute approximate surface area is 310 Å². The lowest BCUT2D eigenvalue weighted by atomic mass is 10.0. The summed E-state index contributed by atoms with van der Waals surface area (Å²) in [5.74, 6) is 1.16. The minimum atomic E-state index is -0.202. The number of hydrazine groups is 1. The lowest BCUT2D eigenvalue weighted by molar-refractivity contribution is -0.122. The van der Waals surface area contributed by atoms with Crippen molar-refractivity contribution in [2.45, 2.75) is 25.3 Å². The minimum Gasteiger partial charge on any atom is -0.383 e. The molecule has 18 heteroatoms. The number of nitrogens with zero attached hydrogens (tertiary/aromatic N) is 4. The van der Waals surface area contributed by atoms with Crippen molar-refractivity contribution in [1.29, 1.82) is 0 Å². The normalized spacial score (nSPS) is 14.0. The van der Waals surface area contributed by atoms with Crippen molar-refractivity contribution in [3.05, 3.63) is 42.0 Å². The second-order valence-electron chi connectivity index (χ2n) is 11.9. The van der Waals surface area contributed by atoms with Crippen molar-refractivity contribution in [1.82, 2.24) is 30.7 Å². The average Bonchev–Trinajstić information content (AvgIpc) is 3.80. The van der Waals surface area contributed by atoms with Gasteiger partial charge in [-0.3, -0.25) is 9.80 Å². The third-order valence-corrected chi connectivity index (χ3v) is 7.95. The quantitative estimate of drug-likeness (QED) is 0.0555. The van der Waals surface area contributed by atoms with Crippen LogP contribution < -0.4 is 27.2 Å². The van der Waals surface area contributed by atoms with Crippen LogP contribution in [0.5, 0.6) is 0 Å². The fraction of sp³-hybridized carbons (Fsp3) is 0.657. The van der Waals surface area contributed by atoms with Gasteiger partial charge in [0.1, 0.15) is 17.8 Å². The number of pyridine rings is 1. The lowest BCUT2D eigenvalue weighted by Crippen LogP contribution is -2.36. The molecule has 7 N–H and O–H groups in total. The molecule has 1 aliphatic heterocycles. The summed E-state index contributed by atoms with van der Waals surface area (Å²) in [7, 11) is 0. The van der Waals surface area contributed by atoms with Gasteiger partial charge in [-0.1, -0.05) is 0 Å². The van der Waals surface area contributed by atoms with Gasteiger partial charge in [0.25, 0.3) is 0 Å². The number of unbranched alkanes of at least 4 members (excludes halogenated alkanes) is 1. The number of hydrogen-bond donors (Lipinski definition) is 5. The van der Waals surface area contributed by atoms with E-state index in [1.54, 1.807) is 0 Å². The molecule has 1 amide bonds. The van der Waals surface area contributed by atoms with Gasteiger partial charge in [0.15, 0.2) is 5.82 Å². The third kappa shape index (κ3) is 16.1. The molecule has 0 fully saturated rings. The number of H-pyrrole nitrogens is 1. The van der Waals surface area contributed by atoms with Crippen LogP contribution in [0.25, 0.3) is 11.0 Å². The van der Waals surface area contributed by atoms with Crippen molar-refractivity contribution in [2.24, 2.45) is 5.73 Å². The molecule has 18 nitrogen and oxygen atoms in total. The fourth-order valence-electron chi connectivity index (χ4n) is 5.30. The molecular weight excluding hydrogens is 690 g/mol. The Morgan fingerprint density at radius 1 is 0.755 bits per heavy atom. The first-order chi connectivity index (χ1) is 26.2. The molecule has 0 saturated carbocycles. The molecule has 1 aliphatic rings. The maximum atomic E-state index is 12.2. The van der Waals surface area contributed by atoms with Crippen molar-refractivity contribution >= 4 is 28.6 Å². The van der Waals surface area contributed by atoms with E-state index in [9.17, 15) is 4.79 Å². The molecule has 1 unspecified atom stereocenters. The van der Waals surface area contributed by atoms with E-state index in [2.05, 4.69) is 36.7 Å². The number of aromatic amines is 1. The summed E-state index contributed by atoms with van der Waals surface area (Å²) in [5, 5.41) is 5.98. The van der Waals surface area contributed by atoms with Gasteiger partial charge in [-0.05, 0) is 30.5 Å². The molecule has 1 atom stereocenters. The smallest absolute Gasteiger partial charge is 0.222 e. The van der Waals surface area contributed by atoms with Crippen LogP contribution in [0.3, 0.4) is 0 Å². The maximum Gasteiger partial charge on any atom is 0.222 e. The molecule has 0 bridgehead atoms. The highest BCUT2D eigenvalue weighted by Crippen LogP contribution is 2.38. The van der Waals surface area contributed by atoms with Gasteiger partial charge in [0.05, 0.1) is 117 Å². The number of amides is 1. The van der Waals surface area contributed by atoms with Crippen LogP contribution in [-0.4, -0.2) is 151 Å². The second kappa shape index (κ2) is 26.3. The van der Waals surface area contributed by atoms with Crippen LogP contribution >= 0.6 is 0 Å². The molecule has 0 saturated heterocycles. The van der Waals surface area contributed by atoms with Crippen molar-refractivity contribution in [3.8, 4) is 0 Å². The standard InChI is InChI=1S/C35H57N9O9/c36-5-10-47-12-14-49-16-18-51-20-22-53-24-23-52-21-19-50-17-15-48-13-11-46-9-4-30(45)38-6-1-2-8-44-35-31(33(37)41-27-42-35)32(43-44)29-25-28-3-7-39-34(28)40-26-29/h3,7,25-27,32,43H,1-2,4-6,8-24,36H2,(H,38,45)(H,39,40)(H2,37,41,42). The van der Waals surface area contributed by atoms with Crippen LogP contribution in [0.2, 0.25) is 0 Å². The first-order valence-electron chi connectivity index (χ1n) is 18.3. The maximum absolute atomic E-state index is 12.2. The molecule has 3 aromatic rings. The highest BCUT2D eigenvalue weighted by atomic mass is 16.6. The highest BCUT2D eigenvalue weighted by molar-refractivity contribution is 5.77. The summed E-state index contributed by atoms with van der Waals surface area (Å²) < 4.78 is 43.5. The van der Waals surface area contributed by atoms with Gasteiger partial charge in [0, 0.05) is 43.8 Å². The number of aromatic nitrogens is 4. The minimum absolute atomic E-state index is 0.0432. The Kier molecular flexibility index (Phi) is 20.9. The van der Waals surface area contributed by atoms with Crippen LogP contribution in [0.15, 0.2) is 30.9 Å². The fourth-order valence-corrected chi connectivity index (χ4v) is 5.30. The Morgan fingerprint density at radius 3 is 1.91 bits per heavy atom. The van der Waals surface area contributed by atoms with E-state index < -0.39 is 0 Å². The second-order valence-corrected chi connectivity index (χ2v) is 11.9. The van der Waals surface area contributed by atoms with Gasteiger partial charge >= 0.3 is 0 Å². The number of hydrogen-bond acceptors (Lipinski definition) is 16. The molecule has 0 radical (unpaired) electrons. The van der Waals surface area contributed by atoms with E-state index in [0.29, 0.717) is 138 Å². The molecule has 53 heavy (non-hydrogen) atoms. The summed E-state index contributed by atoms with van der Waals surface area (Å²) in [6.07, 6.45) is 7.11. The van der Waals surface area contributed by atoms with Crippen molar-refractivity contribution in [2.75, 3.05) is 136 Å². The SMILES string of the molecule is NCCOCCOCCOCCOCCOCCOCCOCCOCCC(=O)NCCCCN1NC(c2cnc3[nH]ccc3c2)c2c(N)ncnc21. The zero-order valence-corrected chi connectivity index (χ0v) is 30.6. The molecule has 4 rings (SSSR count). The summed E-state index contributed by atoms with van der Waals surface area (Å²) >= 11 is 0. The number of fused-ring (bicyclic) bond motifs is 2. The summed E-state index contributed by atoms with van der Waals surface area (Å²) in [6, 6.07) is 3.87. The van der Waals surface area contributed by atoms with E-state index >= 15 is 0 Å². The number of rotatable bonds is 32. The summed E-state index contributed by atoms with van der Waals surface area (Å²) in [5.41, 5.74) is 17.8. The molecule has 0 aromatic carbocycles. The molecule has 3 aromatic heterocycles. The number of nitrogens with one attached hydrogen (secondary N) is 3. The Hall–Kier alpha value is -3.56. The molecular formula is C35H57N9O9. The number of anilines is 2. The van der Waals surface area contributed by atoms with Crippen LogP contribution in [-0.2, 0) is 42.7 Å². The van der Waals surface area contributed by atoms with E-state index in [4.69, 9.17) is 49.4 Å². The van der Waals surface area contributed by atoms with Gasteiger partial charge in [-0.25, -0.2) is 20.4 Å². The monoisotopic (exact) mass is 747 g/mol. The highest BCUT2D eigenvalue weighted by Gasteiger charge is 2.33. The van der Waals surface area contributed by atoms with Crippen LogP contribution in [0.4, 0.5) is 11.6 Å². The zero-order valence-electron chi connectivity index (χ0n) is 30.6. The Balaban J connectivity index is 0.887. The lowest BCUT2D eigenvalue weighted by Gasteiger charge is -2.20. The zero-order chi connectivity index (χ0) is 37.2. The first-order valence-corrected chi connectivity index (χ1v) is 18.3. The number of nitrogens with two attached hydrogens (primary N) is 2. The van der Waals surface area contributed by atoms with E-state index in [1.165, 1.54) is 6.33 Å². The topological polar surface area (TPSA) is 225 Å². The van der Waals surface area contributed by atoms with Gasteiger partial charge in [-0.2, -0.15) is 0 Å². The first kappa shape index (κ1) is 42.2. The van der Waals surface area contributed by atoms with Crippen LogP contribution in [0, 0.1) is 0 Å². The number of carbonyl (C=O) groups excluding carboxylic acids is 1. The van der Waals surface area contributed by atoms with Gasteiger partial charge in [-0.15, -0.1) is 0 Å². The number of ether oxygens (including phenoxy) is 8. The Morgan fingerprint density at radius 2 is 1.32 bits per heavy atom. The van der Waals surface area contributed by atoms with Crippen molar-refractivity contribution in [3.63, 3.8) is 0 Å². The molecule has 0 spiro atoms. The predicted molar refractivity (Wildman–Crippen MR) is 197 cm³/mol. The Bertz CT molecular complexity index is 1420. The van der Waals surface area contributed by atoms with E-state index in [0.717, 1.165) is 40.8 Å². The molecule has 296 valence electrons. The van der Waals surface area contributed by atoms with Crippen molar-refractivity contribution < 1.29 is 42.7 Å². The largest absolute Gasteiger partial charge is 0.383 e. The average molecular weight is 748 g/mol.